The van der Waals surface area contributed by atoms with Crippen LogP contribution >= 0.6 is 0 Å². The first-order valence-electron chi connectivity index (χ1n) is 8.31. The third-order valence-corrected chi connectivity index (χ3v) is 4.29. The first-order valence-corrected chi connectivity index (χ1v) is 8.31. The van der Waals surface area contributed by atoms with Gasteiger partial charge in [0, 0.05) is 19.7 Å². The molecule has 0 atom stereocenters. The summed E-state index contributed by atoms with van der Waals surface area (Å²) in [5.41, 5.74) is 0.225. The maximum absolute atomic E-state index is 12.6. The zero-order valence-corrected chi connectivity index (χ0v) is 15.5. The minimum Gasteiger partial charge on any atom is -0.497 e. The van der Waals surface area contributed by atoms with Crippen LogP contribution in [0.3, 0.4) is 0 Å². The number of pyridine rings is 1. The van der Waals surface area contributed by atoms with E-state index >= 15 is 0 Å². The van der Waals surface area contributed by atoms with Crippen molar-refractivity contribution in [3.05, 3.63) is 56.7 Å². The molecule has 0 saturated heterocycles. The standard InChI is InChI=1S/C19H19N3O5/c1-5-27-18(24)13-10-14(11-6-8-12(26-4)9-7-11)20-16-15(13)17(23)22(3)19(25)21(16)2/h6-10H,5H2,1-4H3. The van der Waals surface area contributed by atoms with Crippen LogP contribution in [0.5, 0.6) is 5.75 Å². The number of aromatic nitrogens is 3. The highest BCUT2D eigenvalue weighted by molar-refractivity contribution is 6.03. The van der Waals surface area contributed by atoms with Gasteiger partial charge in [-0.1, -0.05) is 0 Å². The SMILES string of the molecule is CCOC(=O)c1cc(-c2ccc(OC)cc2)nc2c1c(=O)n(C)c(=O)n2C. The zero-order chi connectivity index (χ0) is 19.7. The van der Waals surface area contributed by atoms with Gasteiger partial charge in [0.05, 0.1) is 30.4 Å². The Kier molecular flexibility index (Phi) is 4.81. The number of ether oxygens (including phenoxy) is 2. The van der Waals surface area contributed by atoms with E-state index in [2.05, 4.69) is 4.98 Å². The van der Waals surface area contributed by atoms with Crippen LogP contribution in [-0.2, 0) is 18.8 Å². The molecular weight excluding hydrogens is 350 g/mol. The molecule has 2 heterocycles. The van der Waals surface area contributed by atoms with E-state index in [1.807, 2.05) is 0 Å². The highest BCUT2D eigenvalue weighted by atomic mass is 16.5. The van der Waals surface area contributed by atoms with Crippen LogP contribution < -0.4 is 16.0 Å². The molecule has 0 spiro atoms. The third kappa shape index (κ3) is 3.10. The van der Waals surface area contributed by atoms with Crippen molar-refractivity contribution in [1.82, 2.24) is 14.1 Å². The molecule has 0 aliphatic rings. The Hall–Kier alpha value is -3.42. The second-order valence-corrected chi connectivity index (χ2v) is 5.91. The number of hydrogen-bond donors (Lipinski definition) is 0. The average Bonchev–Trinajstić information content (AvgIpc) is 2.69. The summed E-state index contributed by atoms with van der Waals surface area (Å²) in [7, 11) is 4.42. The van der Waals surface area contributed by atoms with Crippen LogP contribution in [0.25, 0.3) is 22.3 Å². The first kappa shape index (κ1) is 18.4. The topological polar surface area (TPSA) is 92.4 Å². The van der Waals surface area contributed by atoms with Crippen molar-refractivity contribution >= 4 is 17.0 Å². The second-order valence-electron chi connectivity index (χ2n) is 5.91. The fourth-order valence-electron chi connectivity index (χ4n) is 2.83. The number of aryl methyl sites for hydroxylation is 1. The van der Waals surface area contributed by atoms with Crippen molar-refractivity contribution in [2.24, 2.45) is 14.1 Å². The molecule has 0 N–H and O–H groups in total. The largest absolute Gasteiger partial charge is 0.497 e. The Labute approximate surface area is 154 Å². The van der Waals surface area contributed by atoms with Crippen molar-refractivity contribution in [2.45, 2.75) is 6.92 Å². The van der Waals surface area contributed by atoms with Gasteiger partial charge in [-0.25, -0.2) is 14.6 Å². The second kappa shape index (κ2) is 7.06. The molecule has 1 aromatic carbocycles. The van der Waals surface area contributed by atoms with E-state index in [0.29, 0.717) is 17.0 Å². The highest BCUT2D eigenvalue weighted by Crippen LogP contribution is 2.25. The molecule has 8 nitrogen and oxygen atoms in total. The fourth-order valence-corrected chi connectivity index (χ4v) is 2.83. The van der Waals surface area contributed by atoms with Gasteiger partial charge in [0.25, 0.3) is 5.56 Å². The van der Waals surface area contributed by atoms with Crippen molar-refractivity contribution in [1.29, 1.82) is 0 Å². The molecular formula is C19H19N3O5. The average molecular weight is 369 g/mol. The lowest BCUT2D eigenvalue weighted by Crippen LogP contribution is -2.38. The maximum Gasteiger partial charge on any atom is 0.339 e. The Morgan fingerprint density at radius 1 is 1.11 bits per heavy atom. The van der Waals surface area contributed by atoms with Crippen LogP contribution in [0.1, 0.15) is 17.3 Å². The lowest BCUT2D eigenvalue weighted by atomic mass is 10.1. The van der Waals surface area contributed by atoms with Crippen molar-refractivity contribution in [3.8, 4) is 17.0 Å². The normalized spacial score (nSPS) is 10.8. The Morgan fingerprint density at radius 2 is 1.78 bits per heavy atom. The molecule has 0 bridgehead atoms. The Morgan fingerprint density at radius 3 is 2.37 bits per heavy atom. The van der Waals surface area contributed by atoms with E-state index < -0.39 is 17.2 Å². The van der Waals surface area contributed by atoms with Crippen molar-refractivity contribution in [3.63, 3.8) is 0 Å². The minimum absolute atomic E-state index is 0.0512. The number of carbonyl (C=O) groups excluding carboxylic acids is 1. The lowest BCUT2D eigenvalue weighted by Gasteiger charge is -2.12. The van der Waals surface area contributed by atoms with E-state index in [1.165, 1.54) is 24.7 Å². The minimum atomic E-state index is -0.643. The molecule has 27 heavy (non-hydrogen) atoms. The van der Waals surface area contributed by atoms with Crippen molar-refractivity contribution < 1.29 is 14.3 Å². The Bertz CT molecular complexity index is 1140. The van der Waals surface area contributed by atoms with E-state index in [4.69, 9.17) is 9.47 Å². The van der Waals surface area contributed by atoms with Crippen LogP contribution in [0, 0.1) is 0 Å². The van der Waals surface area contributed by atoms with Gasteiger partial charge in [-0.3, -0.25) is 13.9 Å². The van der Waals surface area contributed by atoms with Gasteiger partial charge in [-0.15, -0.1) is 0 Å². The number of hydrogen-bond acceptors (Lipinski definition) is 6. The van der Waals surface area contributed by atoms with E-state index in [0.717, 1.165) is 4.57 Å². The summed E-state index contributed by atoms with van der Waals surface area (Å²) in [6, 6.07) is 8.58. The third-order valence-electron chi connectivity index (χ3n) is 4.29. The van der Waals surface area contributed by atoms with Gasteiger partial charge in [0.1, 0.15) is 5.75 Å². The van der Waals surface area contributed by atoms with E-state index in [9.17, 15) is 14.4 Å². The van der Waals surface area contributed by atoms with Crippen LogP contribution in [-0.4, -0.2) is 33.8 Å². The maximum atomic E-state index is 12.6. The molecule has 2 aromatic heterocycles. The summed E-state index contributed by atoms with van der Waals surface area (Å²) in [4.78, 5) is 41.9. The molecule has 0 radical (unpaired) electrons. The van der Waals surface area contributed by atoms with Gasteiger partial charge in [0.15, 0.2) is 5.65 Å². The summed E-state index contributed by atoms with van der Waals surface area (Å²) >= 11 is 0. The molecule has 0 saturated carbocycles. The number of fused-ring (bicyclic) bond motifs is 1. The number of carbonyl (C=O) groups is 1. The number of benzene rings is 1. The Balaban J connectivity index is 2.39. The fraction of sp³-hybridized carbons (Fsp3) is 0.263. The summed E-state index contributed by atoms with van der Waals surface area (Å²) < 4.78 is 12.4. The van der Waals surface area contributed by atoms with Crippen LogP contribution in [0.2, 0.25) is 0 Å². The predicted octanol–water partition coefficient (Wildman–Crippen LogP) is 1.48. The van der Waals surface area contributed by atoms with Gasteiger partial charge in [-0.2, -0.15) is 0 Å². The first-order chi connectivity index (χ1) is 12.9. The molecule has 0 unspecified atom stereocenters. The van der Waals surface area contributed by atoms with Gasteiger partial charge in [0.2, 0.25) is 0 Å². The quantitative estimate of drug-likeness (QED) is 0.647. The van der Waals surface area contributed by atoms with Crippen LogP contribution in [0.15, 0.2) is 39.9 Å². The smallest absolute Gasteiger partial charge is 0.339 e. The van der Waals surface area contributed by atoms with E-state index in [1.54, 1.807) is 38.3 Å². The van der Waals surface area contributed by atoms with Crippen molar-refractivity contribution in [2.75, 3.05) is 13.7 Å². The number of methoxy groups -OCH3 is 1. The number of nitrogens with zero attached hydrogens (tertiary/aromatic N) is 3. The monoisotopic (exact) mass is 369 g/mol. The summed E-state index contributed by atoms with van der Waals surface area (Å²) in [6.07, 6.45) is 0. The number of rotatable bonds is 4. The highest BCUT2D eigenvalue weighted by Gasteiger charge is 2.21. The molecule has 0 aliphatic heterocycles. The van der Waals surface area contributed by atoms with Crippen LogP contribution in [0.4, 0.5) is 0 Å². The molecule has 140 valence electrons. The molecule has 3 rings (SSSR count). The molecule has 3 aromatic rings. The summed E-state index contributed by atoms with van der Waals surface area (Å²) in [5, 5.41) is 0.0512. The lowest BCUT2D eigenvalue weighted by molar-refractivity contribution is 0.0528. The molecule has 0 amide bonds. The van der Waals surface area contributed by atoms with E-state index in [-0.39, 0.29) is 23.2 Å². The number of esters is 1. The van der Waals surface area contributed by atoms with Gasteiger partial charge >= 0.3 is 11.7 Å². The van der Waals surface area contributed by atoms with Gasteiger partial charge < -0.3 is 9.47 Å². The summed E-state index contributed by atoms with van der Waals surface area (Å²) in [5.74, 6) is 0.0295. The van der Waals surface area contributed by atoms with Gasteiger partial charge in [-0.05, 0) is 37.3 Å². The summed E-state index contributed by atoms with van der Waals surface area (Å²) in [6.45, 7) is 1.84. The zero-order valence-electron chi connectivity index (χ0n) is 15.5. The predicted molar refractivity (Wildman–Crippen MR) is 100 cm³/mol. The molecule has 0 fully saturated rings. The molecule has 0 aliphatic carbocycles. The molecule has 8 heteroatoms.